The van der Waals surface area contributed by atoms with Gasteiger partial charge < -0.3 is 5.32 Å². The van der Waals surface area contributed by atoms with Gasteiger partial charge in [0.2, 0.25) is 15.9 Å². The summed E-state index contributed by atoms with van der Waals surface area (Å²) in [6.45, 7) is -0.482. The van der Waals surface area contributed by atoms with E-state index < -0.39 is 38.4 Å². The van der Waals surface area contributed by atoms with Crippen molar-refractivity contribution in [2.45, 2.75) is 12.5 Å². The van der Waals surface area contributed by atoms with Crippen LogP contribution in [-0.2, 0) is 24.7 Å². The molecule has 0 saturated carbocycles. The maximum atomic E-state index is 12.1. The van der Waals surface area contributed by atoms with Gasteiger partial charge in [0, 0.05) is 6.04 Å². The monoisotopic (exact) mass is 371 g/mol. The molecule has 1 fully saturated rings. The zero-order valence-corrected chi connectivity index (χ0v) is 14.6. The van der Waals surface area contributed by atoms with Gasteiger partial charge in [-0.3, -0.25) is 9.10 Å². The second kappa shape index (κ2) is 6.78. The molecule has 0 aromatic heterocycles. The van der Waals surface area contributed by atoms with E-state index in [9.17, 15) is 21.6 Å². The fraction of sp³-hybridized carbons (Fsp3) is 0.429. The van der Waals surface area contributed by atoms with Crippen molar-refractivity contribution in [3.63, 3.8) is 0 Å². The molecule has 1 aliphatic heterocycles. The molecule has 8 nitrogen and oxygen atoms in total. The molecule has 1 aromatic rings. The van der Waals surface area contributed by atoms with Crippen molar-refractivity contribution in [1.82, 2.24) is 5.32 Å². The van der Waals surface area contributed by atoms with Gasteiger partial charge in [-0.15, -0.1) is 0 Å². The van der Waals surface area contributed by atoms with Gasteiger partial charge in [-0.2, -0.15) is 5.26 Å². The summed E-state index contributed by atoms with van der Waals surface area (Å²) in [5, 5.41) is 11.5. The number of nitriles is 1. The molecule has 130 valence electrons. The van der Waals surface area contributed by atoms with Crippen LogP contribution in [-0.4, -0.2) is 53.1 Å². The number of sulfone groups is 1. The van der Waals surface area contributed by atoms with Crippen LogP contribution in [0.25, 0.3) is 0 Å². The Hall–Kier alpha value is -2.12. The van der Waals surface area contributed by atoms with Crippen molar-refractivity contribution in [2.75, 3.05) is 28.6 Å². The number of hydrogen-bond acceptors (Lipinski definition) is 6. The van der Waals surface area contributed by atoms with Crippen LogP contribution in [0, 0.1) is 11.3 Å². The number of nitrogens with one attached hydrogen (secondary N) is 1. The van der Waals surface area contributed by atoms with Crippen LogP contribution < -0.4 is 9.62 Å². The number of carbonyl (C=O) groups is 1. The highest BCUT2D eigenvalue weighted by Gasteiger charge is 2.30. The topological polar surface area (TPSA) is 124 Å². The van der Waals surface area contributed by atoms with Crippen LogP contribution in [0.1, 0.15) is 12.0 Å². The zero-order valence-electron chi connectivity index (χ0n) is 13.0. The highest BCUT2D eigenvalue weighted by molar-refractivity contribution is 7.92. The Labute approximate surface area is 141 Å². The van der Waals surface area contributed by atoms with E-state index in [1.807, 2.05) is 6.07 Å². The first-order valence-electron chi connectivity index (χ1n) is 7.08. The lowest BCUT2D eigenvalue weighted by Crippen LogP contribution is -2.44. The average Bonchev–Trinajstić information content (AvgIpc) is 2.82. The number of benzene rings is 1. The third-order valence-electron chi connectivity index (χ3n) is 3.55. The first kappa shape index (κ1) is 18.2. The van der Waals surface area contributed by atoms with E-state index in [4.69, 9.17) is 5.26 Å². The minimum atomic E-state index is -3.75. The number of sulfonamides is 1. The van der Waals surface area contributed by atoms with Crippen LogP contribution in [0.4, 0.5) is 5.69 Å². The molecule has 1 unspecified atom stereocenters. The van der Waals surface area contributed by atoms with Crippen LogP contribution in [0.2, 0.25) is 0 Å². The van der Waals surface area contributed by atoms with E-state index in [2.05, 4.69) is 5.32 Å². The summed E-state index contributed by atoms with van der Waals surface area (Å²) in [5.74, 6) is -0.718. The van der Waals surface area contributed by atoms with Gasteiger partial charge in [-0.05, 0) is 24.6 Å². The lowest BCUT2D eigenvalue weighted by atomic mass is 10.2. The van der Waals surface area contributed by atoms with Gasteiger partial charge in [-0.25, -0.2) is 16.8 Å². The van der Waals surface area contributed by atoms with E-state index >= 15 is 0 Å². The first-order chi connectivity index (χ1) is 11.1. The van der Waals surface area contributed by atoms with Crippen LogP contribution in [0.15, 0.2) is 24.3 Å². The highest BCUT2D eigenvalue weighted by Crippen LogP contribution is 2.19. The molecule has 1 saturated heterocycles. The van der Waals surface area contributed by atoms with Crippen molar-refractivity contribution >= 4 is 31.5 Å². The number of nitrogens with zero attached hydrogens (tertiary/aromatic N) is 2. The lowest BCUT2D eigenvalue weighted by Gasteiger charge is -2.23. The van der Waals surface area contributed by atoms with E-state index in [-0.39, 0.29) is 22.8 Å². The predicted octanol–water partition coefficient (Wildman–Crippen LogP) is -0.372. The van der Waals surface area contributed by atoms with Gasteiger partial charge in [0.1, 0.15) is 6.54 Å². The second-order valence-electron chi connectivity index (χ2n) is 5.60. The smallest absolute Gasteiger partial charge is 0.241 e. The third kappa shape index (κ3) is 4.69. The van der Waals surface area contributed by atoms with Crippen LogP contribution >= 0.6 is 0 Å². The molecule has 0 bridgehead atoms. The van der Waals surface area contributed by atoms with Gasteiger partial charge in [-0.1, -0.05) is 6.07 Å². The molecule has 24 heavy (non-hydrogen) atoms. The van der Waals surface area contributed by atoms with Crippen molar-refractivity contribution in [3.8, 4) is 6.07 Å². The number of carbonyl (C=O) groups excluding carboxylic acids is 1. The summed E-state index contributed by atoms with van der Waals surface area (Å²) >= 11 is 0. The Balaban J connectivity index is 2.15. The molecule has 0 radical (unpaired) electrons. The second-order valence-corrected chi connectivity index (χ2v) is 9.73. The fourth-order valence-electron chi connectivity index (χ4n) is 2.44. The molecule has 1 heterocycles. The minimum absolute atomic E-state index is 0.0119. The Morgan fingerprint density at radius 2 is 2.17 bits per heavy atom. The van der Waals surface area contributed by atoms with E-state index in [0.717, 1.165) is 10.6 Å². The Bertz CT molecular complexity index is 887. The summed E-state index contributed by atoms with van der Waals surface area (Å²) in [6, 6.07) is 7.29. The molecule has 1 aromatic carbocycles. The summed E-state index contributed by atoms with van der Waals surface area (Å²) in [7, 11) is -6.89. The first-order valence-corrected chi connectivity index (χ1v) is 10.8. The van der Waals surface area contributed by atoms with Gasteiger partial charge >= 0.3 is 0 Å². The number of hydrogen-bond donors (Lipinski definition) is 1. The Morgan fingerprint density at radius 1 is 1.46 bits per heavy atom. The largest absolute Gasteiger partial charge is 0.351 e. The molecule has 1 atom stereocenters. The maximum absolute atomic E-state index is 12.1. The van der Waals surface area contributed by atoms with Crippen LogP contribution in [0.5, 0.6) is 0 Å². The number of rotatable bonds is 5. The quantitative estimate of drug-likeness (QED) is 0.753. The van der Waals surface area contributed by atoms with Crippen molar-refractivity contribution in [1.29, 1.82) is 5.26 Å². The van der Waals surface area contributed by atoms with Gasteiger partial charge in [0.15, 0.2) is 9.84 Å². The number of amides is 1. The molecular formula is C14H17N3O5S2. The minimum Gasteiger partial charge on any atom is -0.351 e. The summed E-state index contributed by atoms with van der Waals surface area (Å²) in [4.78, 5) is 12.1. The fourth-order valence-corrected chi connectivity index (χ4v) is 4.96. The highest BCUT2D eigenvalue weighted by atomic mass is 32.2. The SMILES string of the molecule is CS(=O)(=O)N(CC(=O)NC1CCS(=O)(=O)C1)c1cccc(C#N)c1. The predicted molar refractivity (Wildman–Crippen MR) is 88.5 cm³/mol. The average molecular weight is 371 g/mol. The molecule has 0 aliphatic carbocycles. The third-order valence-corrected chi connectivity index (χ3v) is 6.46. The maximum Gasteiger partial charge on any atom is 0.241 e. The van der Waals surface area contributed by atoms with Gasteiger partial charge in [0.05, 0.1) is 35.1 Å². The van der Waals surface area contributed by atoms with E-state index in [1.54, 1.807) is 0 Å². The van der Waals surface area contributed by atoms with Crippen LogP contribution in [0.3, 0.4) is 0 Å². The Morgan fingerprint density at radius 3 is 2.71 bits per heavy atom. The normalized spacial score (nSPS) is 19.4. The standard InChI is InChI=1S/C14H17N3O5S2/c1-23(19,20)17(13-4-2-3-11(7-13)8-15)9-14(18)16-12-5-6-24(21,22)10-12/h2-4,7,12H,5-6,9-10H2,1H3,(H,16,18). The van der Waals surface area contributed by atoms with Crippen molar-refractivity contribution in [2.24, 2.45) is 0 Å². The molecule has 1 amide bonds. The van der Waals surface area contributed by atoms with E-state index in [1.165, 1.54) is 24.3 Å². The van der Waals surface area contributed by atoms with Crippen molar-refractivity contribution in [3.05, 3.63) is 29.8 Å². The Kier molecular flexibility index (Phi) is 5.15. The number of anilines is 1. The molecule has 2 rings (SSSR count). The zero-order chi connectivity index (χ0) is 18.0. The lowest BCUT2D eigenvalue weighted by molar-refractivity contribution is -0.120. The van der Waals surface area contributed by atoms with Crippen molar-refractivity contribution < 1.29 is 21.6 Å². The molecule has 1 aliphatic rings. The van der Waals surface area contributed by atoms with E-state index in [0.29, 0.717) is 6.42 Å². The summed E-state index contributed by atoms with van der Waals surface area (Å²) in [6.07, 6.45) is 1.27. The molecule has 0 spiro atoms. The molecule has 10 heteroatoms. The molecule has 1 N–H and O–H groups in total. The van der Waals surface area contributed by atoms with Gasteiger partial charge in [0.25, 0.3) is 0 Å². The summed E-state index contributed by atoms with van der Waals surface area (Å²) in [5.41, 5.74) is 0.467. The summed E-state index contributed by atoms with van der Waals surface area (Å²) < 4.78 is 47.6. The molecular weight excluding hydrogens is 354 g/mol.